The molecule has 2 aromatic heterocycles. The fourth-order valence-electron chi connectivity index (χ4n) is 3.05. The van der Waals surface area contributed by atoms with Crippen molar-refractivity contribution in [3.05, 3.63) is 47.0 Å². The minimum Gasteiger partial charge on any atom is -0.353 e. The maximum Gasteiger partial charge on any atom is 0.266 e. The lowest BCUT2D eigenvalue weighted by Gasteiger charge is -2.12. The molecule has 0 bridgehead atoms. The summed E-state index contributed by atoms with van der Waals surface area (Å²) in [7, 11) is 0. The number of hydrogen-bond acceptors (Lipinski definition) is 4. The first-order valence-corrected chi connectivity index (χ1v) is 8.50. The van der Waals surface area contributed by atoms with E-state index in [4.69, 9.17) is 0 Å². The molecule has 0 radical (unpaired) electrons. The van der Waals surface area contributed by atoms with Crippen LogP contribution in [0.4, 0.5) is 0 Å². The Morgan fingerprint density at radius 3 is 2.67 bits per heavy atom. The van der Waals surface area contributed by atoms with E-state index in [-0.39, 0.29) is 11.5 Å². The molecule has 126 valence electrons. The van der Waals surface area contributed by atoms with Gasteiger partial charge < -0.3 is 5.32 Å². The minimum atomic E-state index is -0.149. The molecule has 0 saturated heterocycles. The molecule has 0 atom stereocenters. The average molecular weight is 326 g/mol. The molecule has 6 heteroatoms. The van der Waals surface area contributed by atoms with Crippen LogP contribution in [-0.2, 0) is 11.3 Å². The predicted molar refractivity (Wildman–Crippen MR) is 91.4 cm³/mol. The summed E-state index contributed by atoms with van der Waals surface area (Å²) in [4.78, 5) is 27.9. The summed E-state index contributed by atoms with van der Waals surface area (Å²) >= 11 is 0. The van der Waals surface area contributed by atoms with E-state index in [9.17, 15) is 9.59 Å². The van der Waals surface area contributed by atoms with Gasteiger partial charge in [0.15, 0.2) is 0 Å². The Kier molecular flexibility index (Phi) is 5.36. The summed E-state index contributed by atoms with van der Waals surface area (Å²) < 4.78 is 1.43. The number of amides is 1. The highest BCUT2D eigenvalue weighted by atomic mass is 16.1. The van der Waals surface area contributed by atoms with Crippen molar-refractivity contribution in [2.45, 2.75) is 51.1 Å². The number of carbonyl (C=O) groups is 1. The van der Waals surface area contributed by atoms with Crippen LogP contribution in [0.5, 0.6) is 0 Å². The van der Waals surface area contributed by atoms with E-state index in [0.29, 0.717) is 25.4 Å². The van der Waals surface area contributed by atoms with Gasteiger partial charge in [0.05, 0.1) is 5.69 Å². The van der Waals surface area contributed by atoms with Crippen LogP contribution in [0.2, 0.25) is 0 Å². The Labute approximate surface area is 140 Å². The number of aryl methyl sites for hydroxylation is 1. The number of aromatic nitrogens is 3. The molecule has 1 fully saturated rings. The van der Waals surface area contributed by atoms with Crippen molar-refractivity contribution in [2.75, 3.05) is 0 Å². The minimum absolute atomic E-state index is 0.0697. The molecule has 0 aliphatic heterocycles. The fraction of sp³-hybridized carbons (Fsp3) is 0.444. The first-order chi connectivity index (χ1) is 11.7. The standard InChI is InChI=1S/C18H22N4O2/c23-17(20-15-4-1-2-5-15)6-3-13-22-18(24)8-7-16(21-22)14-9-11-19-12-10-14/h7-12,15H,1-6,13H2,(H,20,23). The molecule has 0 unspecified atom stereocenters. The topological polar surface area (TPSA) is 76.9 Å². The normalized spacial score (nSPS) is 14.7. The van der Waals surface area contributed by atoms with Gasteiger partial charge in [0.2, 0.25) is 5.91 Å². The number of nitrogens with zero attached hydrogens (tertiary/aromatic N) is 3. The van der Waals surface area contributed by atoms with Gasteiger partial charge in [0.25, 0.3) is 5.56 Å². The third-order valence-electron chi connectivity index (χ3n) is 4.34. The molecule has 2 heterocycles. The van der Waals surface area contributed by atoms with Crippen LogP contribution in [-0.4, -0.2) is 26.7 Å². The van der Waals surface area contributed by atoms with Gasteiger partial charge in [-0.2, -0.15) is 5.10 Å². The lowest BCUT2D eigenvalue weighted by molar-refractivity contribution is -0.121. The van der Waals surface area contributed by atoms with Crippen LogP contribution in [0.15, 0.2) is 41.5 Å². The van der Waals surface area contributed by atoms with Crippen molar-refractivity contribution in [2.24, 2.45) is 0 Å². The number of carbonyl (C=O) groups excluding carboxylic acids is 1. The molecule has 1 saturated carbocycles. The largest absolute Gasteiger partial charge is 0.353 e. The van der Waals surface area contributed by atoms with E-state index in [2.05, 4.69) is 15.4 Å². The van der Waals surface area contributed by atoms with Gasteiger partial charge in [-0.3, -0.25) is 14.6 Å². The molecule has 1 N–H and O–H groups in total. The second-order valence-corrected chi connectivity index (χ2v) is 6.17. The van der Waals surface area contributed by atoms with E-state index in [1.807, 2.05) is 12.1 Å². The molecular weight excluding hydrogens is 304 g/mol. The molecule has 3 rings (SSSR count). The molecule has 0 aromatic carbocycles. The van der Waals surface area contributed by atoms with Crippen LogP contribution < -0.4 is 10.9 Å². The summed E-state index contributed by atoms with van der Waals surface area (Å²) in [6.45, 7) is 0.440. The lowest BCUT2D eigenvalue weighted by Crippen LogP contribution is -2.32. The third kappa shape index (κ3) is 4.28. The zero-order chi connectivity index (χ0) is 16.8. The Morgan fingerprint density at radius 2 is 1.92 bits per heavy atom. The quantitative estimate of drug-likeness (QED) is 0.882. The van der Waals surface area contributed by atoms with Crippen LogP contribution in [0.1, 0.15) is 38.5 Å². The Hall–Kier alpha value is -2.50. The third-order valence-corrected chi connectivity index (χ3v) is 4.34. The van der Waals surface area contributed by atoms with E-state index >= 15 is 0 Å². The van der Waals surface area contributed by atoms with Crippen LogP contribution in [0, 0.1) is 0 Å². The smallest absolute Gasteiger partial charge is 0.266 e. The second-order valence-electron chi connectivity index (χ2n) is 6.17. The molecule has 24 heavy (non-hydrogen) atoms. The molecular formula is C18H22N4O2. The molecule has 1 aliphatic rings. The first-order valence-electron chi connectivity index (χ1n) is 8.50. The summed E-state index contributed by atoms with van der Waals surface area (Å²) in [5.41, 5.74) is 1.49. The Bertz CT molecular complexity index is 736. The maximum atomic E-state index is 11.9. The highest BCUT2D eigenvalue weighted by molar-refractivity contribution is 5.76. The number of rotatable bonds is 6. The van der Waals surface area contributed by atoms with Gasteiger partial charge >= 0.3 is 0 Å². The molecule has 2 aromatic rings. The van der Waals surface area contributed by atoms with E-state index < -0.39 is 0 Å². The summed E-state index contributed by atoms with van der Waals surface area (Å²) in [5.74, 6) is 0.0697. The Balaban J connectivity index is 1.56. The van der Waals surface area contributed by atoms with Gasteiger partial charge in [-0.05, 0) is 37.5 Å². The second kappa shape index (κ2) is 7.86. The number of hydrogen-bond donors (Lipinski definition) is 1. The van der Waals surface area contributed by atoms with Gasteiger partial charge in [-0.1, -0.05) is 12.8 Å². The number of pyridine rings is 1. The van der Waals surface area contributed by atoms with Crippen molar-refractivity contribution in [3.8, 4) is 11.3 Å². The zero-order valence-electron chi connectivity index (χ0n) is 13.6. The van der Waals surface area contributed by atoms with Crippen LogP contribution in [0.3, 0.4) is 0 Å². The predicted octanol–water partition coefficient (Wildman–Crippen LogP) is 2.14. The first kappa shape index (κ1) is 16.4. The summed E-state index contributed by atoms with van der Waals surface area (Å²) in [6, 6.07) is 7.27. The molecule has 0 spiro atoms. The van der Waals surface area contributed by atoms with E-state index in [1.165, 1.54) is 23.6 Å². The fourth-order valence-corrected chi connectivity index (χ4v) is 3.05. The van der Waals surface area contributed by atoms with E-state index in [0.717, 1.165) is 24.1 Å². The van der Waals surface area contributed by atoms with Crippen molar-refractivity contribution in [3.63, 3.8) is 0 Å². The SMILES string of the molecule is O=C(CCCn1nc(-c2ccncc2)ccc1=O)NC1CCCC1. The van der Waals surface area contributed by atoms with Crippen molar-refractivity contribution < 1.29 is 4.79 Å². The van der Waals surface area contributed by atoms with Gasteiger partial charge in [-0.15, -0.1) is 0 Å². The highest BCUT2D eigenvalue weighted by Crippen LogP contribution is 2.17. The van der Waals surface area contributed by atoms with Crippen molar-refractivity contribution >= 4 is 5.91 Å². The van der Waals surface area contributed by atoms with E-state index in [1.54, 1.807) is 18.5 Å². The van der Waals surface area contributed by atoms with Gasteiger partial charge in [-0.25, -0.2) is 4.68 Å². The van der Waals surface area contributed by atoms with Crippen molar-refractivity contribution in [1.82, 2.24) is 20.1 Å². The molecule has 1 aliphatic carbocycles. The van der Waals surface area contributed by atoms with Crippen LogP contribution >= 0.6 is 0 Å². The number of nitrogens with one attached hydrogen (secondary N) is 1. The highest BCUT2D eigenvalue weighted by Gasteiger charge is 2.16. The zero-order valence-corrected chi connectivity index (χ0v) is 13.6. The summed E-state index contributed by atoms with van der Waals surface area (Å²) in [6.07, 6.45) is 8.98. The molecule has 1 amide bonds. The lowest BCUT2D eigenvalue weighted by atomic mass is 10.2. The van der Waals surface area contributed by atoms with Gasteiger partial charge in [0.1, 0.15) is 0 Å². The summed E-state index contributed by atoms with van der Waals surface area (Å²) in [5, 5.41) is 7.45. The maximum absolute atomic E-state index is 11.9. The van der Waals surface area contributed by atoms with Crippen LogP contribution in [0.25, 0.3) is 11.3 Å². The van der Waals surface area contributed by atoms with Gasteiger partial charge in [0, 0.05) is 43.0 Å². The van der Waals surface area contributed by atoms with Crippen molar-refractivity contribution in [1.29, 1.82) is 0 Å². The average Bonchev–Trinajstić information content (AvgIpc) is 3.10. The Morgan fingerprint density at radius 1 is 1.17 bits per heavy atom. The molecule has 6 nitrogen and oxygen atoms in total. The monoisotopic (exact) mass is 326 g/mol.